The van der Waals surface area contributed by atoms with Crippen molar-refractivity contribution in [1.29, 1.82) is 0 Å². The van der Waals surface area contributed by atoms with Crippen molar-refractivity contribution in [3.63, 3.8) is 0 Å². The highest BCUT2D eigenvalue weighted by Gasteiger charge is 2.24. The van der Waals surface area contributed by atoms with Gasteiger partial charge in [-0.2, -0.15) is 0 Å². The second kappa shape index (κ2) is 6.67. The average Bonchev–Trinajstić information content (AvgIpc) is 3.08. The van der Waals surface area contributed by atoms with E-state index in [1.54, 1.807) is 0 Å². The van der Waals surface area contributed by atoms with Crippen LogP contribution in [0.25, 0.3) is 5.69 Å². The summed E-state index contributed by atoms with van der Waals surface area (Å²) in [6, 6.07) is 9.99. The van der Waals surface area contributed by atoms with E-state index in [2.05, 4.69) is 15.5 Å². The van der Waals surface area contributed by atoms with Gasteiger partial charge in [0.15, 0.2) is 0 Å². The molecule has 0 aliphatic carbocycles. The number of amides is 1. The van der Waals surface area contributed by atoms with E-state index < -0.39 is 0 Å². The Hall–Kier alpha value is -1.94. The molecule has 122 valence electrons. The highest BCUT2D eigenvalue weighted by molar-refractivity contribution is 6.30. The maximum atomic E-state index is 12.1. The predicted octanol–water partition coefficient (Wildman–Crippen LogP) is 3.44. The van der Waals surface area contributed by atoms with E-state index in [0.29, 0.717) is 0 Å². The zero-order valence-electron chi connectivity index (χ0n) is 13.6. The van der Waals surface area contributed by atoms with Crippen LogP contribution in [0, 0.1) is 5.92 Å². The van der Waals surface area contributed by atoms with Crippen LogP contribution in [0.1, 0.15) is 13.8 Å². The van der Waals surface area contributed by atoms with E-state index in [0.717, 1.165) is 42.6 Å². The average molecular weight is 332 g/mol. The summed E-state index contributed by atoms with van der Waals surface area (Å²) in [6.07, 6.45) is 4.04. The number of carbonyl (C=O) groups excluding carboxylic acids is 1. The Morgan fingerprint density at radius 2 is 1.70 bits per heavy atom. The van der Waals surface area contributed by atoms with Crippen molar-refractivity contribution in [2.75, 3.05) is 31.1 Å². The van der Waals surface area contributed by atoms with Gasteiger partial charge in [0.25, 0.3) is 0 Å². The minimum atomic E-state index is 0.0625. The quantitative estimate of drug-likeness (QED) is 0.862. The fourth-order valence-electron chi connectivity index (χ4n) is 3.00. The number of hydrogen-bond acceptors (Lipinski definition) is 2. The molecule has 1 saturated heterocycles. The molecular weight excluding hydrogens is 310 g/mol. The normalized spacial score (nSPS) is 15.3. The van der Waals surface area contributed by atoms with E-state index in [4.69, 9.17) is 11.6 Å². The van der Waals surface area contributed by atoms with E-state index >= 15 is 0 Å². The van der Waals surface area contributed by atoms with Gasteiger partial charge in [0.05, 0.1) is 11.4 Å². The first-order valence-corrected chi connectivity index (χ1v) is 8.40. The Morgan fingerprint density at radius 3 is 2.30 bits per heavy atom. The van der Waals surface area contributed by atoms with Gasteiger partial charge in [0, 0.05) is 49.5 Å². The van der Waals surface area contributed by atoms with E-state index in [-0.39, 0.29) is 11.8 Å². The summed E-state index contributed by atoms with van der Waals surface area (Å²) in [4.78, 5) is 16.4. The summed E-state index contributed by atoms with van der Waals surface area (Å²) in [7, 11) is 0. The van der Waals surface area contributed by atoms with Crippen LogP contribution in [0.5, 0.6) is 0 Å². The largest absolute Gasteiger partial charge is 0.366 e. The number of hydrogen-bond donors (Lipinski definition) is 0. The van der Waals surface area contributed by atoms with Gasteiger partial charge in [-0.15, -0.1) is 0 Å². The number of halogens is 1. The second-order valence-electron chi connectivity index (χ2n) is 6.19. The molecule has 0 saturated carbocycles. The lowest BCUT2D eigenvalue weighted by atomic mass is 10.1. The molecule has 0 radical (unpaired) electrons. The Morgan fingerprint density at radius 1 is 1.04 bits per heavy atom. The van der Waals surface area contributed by atoms with Gasteiger partial charge in [-0.3, -0.25) is 4.79 Å². The first-order chi connectivity index (χ1) is 11.1. The zero-order valence-corrected chi connectivity index (χ0v) is 14.3. The van der Waals surface area contributed by atoms with Crippen molar-refractivity contribution in [3.8, 4) is 5.69 Å². The van der Waals surface area contributed by atoms with E-state index in [1.165, 1.54) is 0 Å². The van der Waals surface area contributed by atoms with Crippen LogP contribution in [0.3, 0.4) is 0 Å². The van der Waals surface area contributed by atoms with Gasteiger partial charge in [0.2, 0.25) is 5.91 Å². The van der Waals surface area contributed by atoms with Crippen molar-refractivity contribution in [3.05, 3.63) is 47.7 Å². The van der Waals surface area contributed by atoms with Crippen LogP contribution in [-0.2, 0) is 4.79 Å². The van der Waals surface area contributed by atoms with Crippen molar-refractivity contribution >= 4 is 23.2 Å². The number of rotatable bonds is 3. The molecule has 4 nitrogen and oxygen atoms in total. The van der Waals surface area contributed by atoms with E-state index in [1.807, 2.05) is 55.4 Å². The summed E-state index contributed by atoms with van der Waals surface area (Å²) >= 11 is 6.19. The van der Waals surface area contributed by atoms with Gasteiger partial charge < -0.3 is 14.4 Å². The third kappa shape index (κ3) is 3.37. The van der Waals surface area contributed by atoms with Crippen molar-refractivity contribution in [2.45, 2.75) is 13.8 Å². The summed E-state index contributed by atoms with van der Waals surface area (Å²) in [6.45, 7) is 7.13. The summed E-state index contributed by atoms with van der Waals surface area (Å²) in [5.41, 5.74) is 2.23. The molecule has 0 atom stereocenters. The van der Waals surface area contributed by atoms with E-state index in [9.17, 15) is 4.79 Å². The Bertz CT molecular complexity index is 674. The molecule has 2 heterocycles. The lowest BCUT2D eigenvalue weighted by molar-refractivity contribution is -0.134. The summed E-state index contributed by atoms with van der Waals surface area (Å²) in [5, 5.41) is 0.728. The molecule has 1 amide bonds. The molecule has 1 aromatic heterocycles. The van der Waals surface area contributed by atoms with Gasteiger partial charge >= 0.3 is 0 Å². The SMILES string of the molecule is CC(C)C(=O)N1CCN(c2ccc(Cl)cc2-n2cccc2)CC1. The van der Waals surface area contributed by atoms with Crippen LogP contribution in [0.4, 0.5) is 5.69 Å². The maximum absolute atomic E-state index is 12.1. The Labute approximate surface area is 142 Å². The fourth-order valence-corrected chi connectivity index (χ4v) is 3.17. The Kier molecular flexibility index (Phi) is 4.62. The first kappa shape index (κ1) is 15.9. The number of carbonyl (C=O) groups is 1. The minimum absolute atomic E-state index is 0.0625. The molecular formula is C18H22ClN3O. The molecule has 2 aromatic rings. The van der Waals surface area contributed by atoms with Crippen LogP contribution in [0.2, 0.25) is 5.02 Å². The summed E-state index contributed by atoms with van der Waals surface area (Å²) < 4.78 is 2.08. The molecule has 0 unspecified atom stereocenters. The summed E-state index contributed by atoms with van der Waals surface area (Å²) in [5.74, 6) is 0.305. The van der Waals surface area contributed by atoms with Crippen molar-refractivity contribution in [2.24, 2.45) is 5.92 Å². The highest BCUT2D eigenvalue weighted by atomic mass is 35.5. The lowest BCUT2D eigenvalue weighted by Crippen LogP contribution is -2.50. The number of piperazine rings is 1. The van der Waals surface area contributed by atoms with Gasteiger partial charge in [-0.25, -0.2) is 0 Å². The maximum Gasteiger partial charge on any atom is 0.225 e. The van der Waals surface area contributed by atoms with Gasteiger partial charge in [-0.1, -0.05) is 25.4 Å². The zero-order chi connectivity index (χ0) is 16.4. The molecule has 0 spiro atoms. The molecule has 1 aliphatic heterocycles. The molecule has 3 rings (SSSR count). The first-order valence-electron chi connectivity index (χ1n) is 8.03. The lowest BCUT2D eigenvalue weighted by Gasteiger charge is -2.37. The highest BCUT2D eigenvalue weighted by Crippen LogP contribution is 2.29. The van der Waals surface area contributed by atoms with Crippen LogP contribution < -0.4 is 4.90 Å². The molecule has 1 fully saturated rings. The molecule has 1 aliphatic rings. The third-order valence-electron chi connectivity index (χ3n) is 4.25. The second-order valence-corrected chi connectivity index (χ2v) is 6.63. The van der Waals surface area contributed by atoms with Gasteiger partial charge in [0.1, 0.15) is 0 Å². The van der Waals surface area contributed by atoms with Crippen LogP contribution in [-0.4, -0.2) is 41.6 Å². The third-order valence-corrected chi connectivity index (χ3v) is 4.48. The fraction of sp³-hybridized carbons (Fsp3) is 0.389. The molecule has 0 N–H and O–H groups in total. The smallest absolute Gasteiger partial charge is 0.225 e. The van der Waals surface area contributed by atoms with Crippen LogP contribution in [0.15, 0.2) is 42.7 Å². The molecule has 5 heteroatoms. The number of aromatic nitrogens is 1. The monoisotopic (exact) mass is 331 g/mol. The number of nitrogens with zero attached hydrogens (tertiary/aromatic N) is 3. The molecule has 23 heavy (non-hydrogen) atoms. The topological polar surface area (TPSA) is 28.5 Å². The van der Waals surface area contributed by atoms with Gasteiger partial charge in [-0.05, 0) is 30.3 Å². The number of anilines is 1. The van der Waals surface area contributed by atoms with Crippen LogP contribution >= 0.6 is 11.6 Å². The Balaban J connectivity index is 1.80. The predicted molar refractivity (Wildman–Crippen MR) is 94.4 cm³/mol. The molecule has 1 aromatic carbocycles. The minimum Gasteiger partial charge on any atom is -0.366 e. The van der Waals surface area contributed by atoms with Crippen molar-refractivity contribution < 1.29 is 4.79 Å². The number of benzene rings is 1. The standard InChI is InChI=1S/C18H22ClN3O/c1-14(2)18(23)22-11-9-21(10-12-22)16-6-5-15(19)13-17(16)20-7-3-4-8-20/h3-8,13-14H,9-12H2,1-2H3. The van der Waals surface area contributed by atoms with Crippen molar-refractivity contribution in [1.82, 2.24) is 9.47 Å². The molecule has 0 bridgehead atoms.